The maximum Gasteiger partial charge on any atom is 0.412 e. The number of aliphatic hydroxyl groups is 2. The van der Waals surface area contributed by atoms with Crippen molar-refractivity contribution in [3.8, 4) is 0 Å². The van der Waals surface area contributed by atoms with Gasteiger partial charge in [-0.25, -0.2) is 9.59 Å². The highest BCUT2D eigenvalue weighted by Gasteiger charge is 2.50. The van der Waals surface area contributed by atoms with Crippen molar-refractivity contribution in [2.75, 3.05) is 13.7 Å². The fraction of sp³-hybridized carbons (Fsp3) is 0.857. The number of ether oxygens (including phenoxy) is 3. The third kappa shape index (κ3) is 4.08. The van der Waals surface area contributed by atoms with Crippen LogP contribution in [-0.4, -0.2) is 70.5 Å². The Bertz CT molecular complexity index is 429. The summed E-state index contributed by atoms with van der Waals surface area (Å²) in [6.07, 6.45) is -4.03. The summed E-state index contributed by atoms with van der Waals surface area (Å²) in [6.45, 7) is 8.36. The molecule has 1 saturated heterocycles. The molecule has 3 atom stereocenters. The van der Waals surface area contributed by atoms with Gasteiger partial charge in [0.05, 0.1) is 19.8 Å². The predicted molar refractivity (Wildman–Crippen MR) is 75.9 cm³/mol. The van der Waals surface area contributed by atoms with Gasteiger partial charge in [0, 0.05) is 0 Å². The molecule has 8 nitrogen and oxygen atoms in total. The summed E-state index contributed by atoms with van der Waals surface area (Å²) in [5.41, 5.74) is -1.77. The highest BCUT2D eigenvalue weighted by atomic mass is 16.6. The van der Waals surface area contributed by atoms with Crippen LogP contribution in [0, 0.1) is 0 Å². The summed E-state index contributed by atoms with van der Waals surface area (Å²) in [6, 6.07) is -0.932. The average molecular weight is 319 g/mol. The second-order valence-corrected chi connectivity index (χ2v) is 6.63. The first kappa shape index (κ1) is 18.7. The van der Waals surface area contributed by atoms with Crippen molar-refractivity contribution >= 4 is 12.1 Å². The van der Waals surface area contributed by atoms with Crippen molar-refractivity contribution in [3.63, 3.8) is 0 Å². The van der Waals surface area contributed by atoms with Crippen molar-refractivity contribution in [1.29, 1.82) is 0 Å². The molecule has 1 fully saturated rings. The smallest absolute Gasteiger partial charge is 0.412 e. The summed E-state index contributed by atoms with van der Waals surface area (Å²) in [7, 11) is 1.10. The van der Waals surface area contributed by atoms with Gasteiger partial charge in [-0.2, -0.15) is 0 Å². The highest BCUT2D eigenvalue weighted by Crippen LogP contribution is 2.31. The highest BCUT2D eigenvalue weighted by molar-refractivity contribution is 5.75. The van der Waals surface area contributed by atoms with Gasteiger partial charge >= 0.3 is 12.1 Å². The van der Waals surface area contributed by atoms with Crippen LogP contribution in [0.3, 0.4) is 0 Å². The van der Waals surface area contributed by atoms with Crippen molar-refractivity contribution in [3.05, 3.63) is 0 Å². The fourth-order valence-electron chi connectivity index (χ4n) is 2.22. The van der Waals surface area contributed by atoms with E-state index >= 15 is 0 Å². The van der Waals surface area contributed by atoms with Gasteiger partial charge in [0.2, 0.25) is 0 Å². The quantitative estimate of drug-likeness (QED) is 0.718. The largest absolute Gasteiger partial charge is 0.467 e. The fourth-order valence-corrected chi connectivity index (χ4v) is 2.22. The molecule has 0 saturated carbocycles. The minimum absolute atomic E-state index is 0.0402. The molecular weight excluding hydrogens is 294 g/mol. The van der Waals surface area contributed by atoms with E-state index in [1.54, 1.807) is 34.6 Å². The van der Waals surface area contributed by atoms with E-state index in [0.29, 0.717) is 0 Å². The number of esters is 1. The Hall–Kier alpha value is -1.38. The normalized spacial score (nSPS) is 23.8. The number of hydrogen-bond donors (Lipinski definition) is 2. The third-order valence-electron chi connectivity index (χ3n) is 3.27. The Morgan fingerprint density at radius 3 is 2.32 bits per heavy atom. The molecule has 1 aliphatic heterocycles. The molecule has 0 aromatic carbocycles. The van der Waals surface area contributed by atoms with E-state index in [1.165, 1.54) is 4.90 Å². The van der Waals surface area contributed by atoms with Crippen molar-refractivity contribution in [1.82, 2.24) is 4.90 Å². The minimum Gasteiger partial charge on any atom is -0.467 e. The molecule has 1 heterocycles. The molecule has 128 valence electrons. The van der Waals surface area contributed by atoms with Crippen LogP contribution in [0.5, 0.6) is 0 Å². The number of methoxy groups -OCH3 is 1. The van der Waals surface area contributed by atoms with Crippen LogP contribution in [0.1, 0.15) is 34.6 Å². The summed E-state index contributed by atoms with van der Waals surface area (Å²) in [4.78, 5) is 24.9. The lowest BCUT2D eigenvalue weighted by Crippen LogP contribution is -2.56. The zero-order valence-electron chi connectivity index (χ0n) is 13.8. The van der Waals surface area contributed by atoms with Crippen molar-refractivity contribution in [2.24, 2.45) is 0 Å². The number of aliphatic hydroxyl groups excluding tert-OH is 2. The van der Waals surface area contributed by atoms with Gasteiger partial charge in [-0.1, -0.05) is 0 Å². The van der Waals surface area contributed by atoms with E-state index in [-0.39, 0.29) is 6.61 Å². The van der Waals surface area contributed by atoms with Crippen LogP contribution in [0.2, 0.25) is 0 Å². The molecule has 0 bridgehead atoms. The predicted octanol–water partition coefficient (Wildman–Crippen LogP) is 0.253. The molecule has 0 aromatic rings. The van der Waals surface area contributed by atoms with E-state index in [0.717, 1.165) is 7.11 Å². The Morgan fingerprint density at radius 2 is 1.86 bits per heavy atom. The number of hydrogen-bond acceptors (Lipinski definition) is 7. The van der Waals surface area contributed by atoms with Crippen LogP contribution in [0.25, 0.3) is 0 Å². The molecule has 22 heavy (non-hydrogen) atoms. The Kier molecular flexibility index (Phi) is 5.42. The Balaban J connectivity index is 2.98. The molecule has 0 aromatic heterocycles. The standard InChI is InChI=1S/C14H25NO7/c1-13(2,3)22-12(19)15-8(7-21-14(15,4)5)9(16)10(17)11(18)20-6/h8-10,16-17H,7H2,1-6H3/t8-,9-,10+/m0/s1. The van der Waals surface area contributed by atoms with Crippen LogP contribution in [-0.2, 0) is 19.0 Å². The Labute approximate surface area is 129 Å². The molecule has 1 aliphatic rings. The van der Waals surface area contributed by atoms with Gasteiger partial charge in [0.15, 0.2) is 6.10 Å². The number of rotatable bonds is 3. The maximum absolute atomic E-state index is 12.4. The number of carbonyl (C=O) groups is 2. The molecular formula is C14H25NO7. The monoisotopic (exact) mass is 319 g/mol. The third-order valence-corrected chi connectivity index (χ3v) is 3.27. The van der Waals surface area contributed by atoms with E-state index in [2.05, 4.69) is 4.74 Å². The zero-order chi connectivity index (χ0) is 17.3. The lowest BCUT2D eigenvalue weighted by molar-refractivity contribution is -0.159. The van der Waals surface area contributed by atoms with Crippen molar-refractivity contribution < 1.29 is 34.0 Å². The van der Waals surface area contributed by atoms with E-state index in [4.69, 9.17) is 9.47 Å². The molecule has 2 N–H and O–H groups in total. The second-order valence-electron chi connectivity index (χ2n) is 6.63. The van der Waals surface area contributed by atoms with Gasteiger partial charge in [0.25, 0.3) is 0 Å². The summed E-state index contributed by atoms with van der Waals surface area (Å²) >= 11 is 0. The number of amides is 1. The molecule has 0 radical (unpaired) electrons. The molecule has 1 amide bonds. The molecule has 8 heteroatoms. The van der Waals surface area contributed by atoms with Crippen LogP contribution >= 0.6 is 0 Å². The molecule has 1 rings (SSSR count). The van der Waals surface area contributed by atoms with E-state index in [9.17, 15) is 19.8 Å². The van der Waals surface area contributed by atoms with Crippen LogP contribution < -0.4 is 0 Å². The first-order chi connectivity index (χ1) is 9.90. The van der Waals surface area contributed by atoms with Gasteiger partial charge in [0.1, 0.15) is 17.4 Å². The minimum atomic E-state index is -1.78. The van der Waals surface area contributed by atoms with E-state index in [1.807, 2.05) is 0 Å². The first-order valence-corrected chi connectivity index (χ1v) is 7.01. The first-order valence-electron chi connectivity index (χ1n) is 7.01. The average Bonchev–Trinajstić information content (AvgIpc) is 2.69. The van der Waals surface area contributed by atoms with E-state index < -0.39 is 41.6 Å². The summed E-state index contributed by atoms with van der Waals surface area (Å²) in [5, 5.41) is 20.0. The van der Waals surface area contributed by atoms with Gasteiger partial charge < -0.3 is 24.4 Å². The summed E-state index contributed by atoms with van der Waals surface area (Å²) in [5.74, 6) is -0.985. The van der Waals surface area contributed by atoms with Gasteiger partial charge in [-0.3, -0.25) is 4.90 Å². The summed E-state index contributed by atoms with van der Waals surface area (Å²) < 4.78 is 15.2. The number of carbonyl (C=O) groups excluding carboxylic acids is 2. The van der Waals surface area contributed by atoms with Crippen LogP contribution in [0.15, 0.2) is 0 Å². The lowest BCUT2D eigenvalue weighted by Gasteiger charge is -2.36. The Morgan fingerprint density at radius 1 is 1.32 bits per heavy atom. The van der Waals surface area contributed by atoms with Crippen molar-refractivity contribution in [2.45, 2.75) is 64.2 Å². The molecule has 0 aliphatic carbocycles. The van der Waals surface area contributed by atoms with Gasteiger partial charge in [-0.05, 0) is 34.6 Å². The topological polar surface area (TPSA) is 106 Å². The number of nitrogens with zero attached hydrogens (tertiary/aromatic N) is 1. The lowest BCUT2D eigenvalue weighted by atomic mass is 10.0. The maximum atomic E-state index is 12.4. The zero-order valence-corrected chi connectivity index (χ0v) is 13.8. The second kappa shape index (κ2) is 6.39. The molecule has 0 unspecified atom stereocenters. The SMILES string of the molecule is COC(=O)[C@H](O)[C@@H](O)[C@@H]1COC(C)(C)N1C(=O)OC(C)(C)C. The van der Waals surface area contributed by atoms with Gasteiger partial charge in [-0.15, -0.1) is 0 Å². The molecule has 0 spiro atoms. The van der Waals surface area contributed by atoms with Crippen LogP contribution in [0.4, 0.5) is 4.79 Å².